The summed E-state index contributed by atoms with van der Waals surface area (Å²) >= 11 is 0. The van der Waals surface area contributed by atoms with Crippen molar-refractivity contribution in [1.29, 1.82) is 0 Å². The topological polar surface area (TPSA) is 59.3 Å². The van der Waals surface area contributed by atoms with E-state index in [2.05, 4.69) is 17.4 Å². The molecule has 0 aliphatic carbocycles. The van der Waals surface area contributed by atoms with Crippen LogP contribution >= 0.6 is 0 Å². The number of pyridine rings is 1. The zero-order valence-electron chi connectivity index (χ0n) is 14.7. The molecule has 27 heavy (non-hydrogen) atoms. The molecule has 1 amide bonds. The Bertz CT molecular complexity index is 982. The van der Waals surface area contributed by atoms with Gasteiger partial charge in [-0.05, 0) is 35.7 Å². The maximum atomic E-state index is 12.6. The van der Waals surface area contributed by atoms with E-state index in [0.717, 1.165) is 6.42 Å². The van der Waals surface area contributed by atoms with Gasteiger partial charge in [0, 0.05) is 17.7 Å². The maximum Gasteiger partial charge on any atom is 0.262 e. The Morgan fingerprint density at radius 3 is 2.52 bits per heavy atom. The van der Waals surface area contributed by atoms with Crippen LogP contribution < -0.4 is 14.6 Å². The fourth-order valence-corrected chi connectivity index (χ4v) is 3.06. The number of rotatable bonds is 5. The molecule has 0 spiro atoms. The third-order valence-electron chi connectivity index (χ3n) is 4.47. The fraction of sp³-hybridized carbons (Fsp3) is 0.136. The van der Waals surface area contributed by atoms with Gasteiger partial charge in [-0.3, -0.25) is 9.59 Å². The maximum absolute atomic E-state index is 12.6. The SMILES string of the molecule is O=C1COc2ccc(C(=O)C[n+]3ccc(Cc4ccccc4)cc3)cc2N1. The van der Waals surface area contributed by atoms with Gasteiger partial charge >= 0.3 is 0 Å². The van der Waals surface area contributed by atoms with Gasteiger partial charge in [0.2, 0.25) is 12.3 Å². The van der Waals surface area contributed by atoms with Crippen LogP contribution in [0.25, 0.3) is 0 Å². The van der Waals surface area contributed by atoms with E-state index < -0.39 is 0 Å². The quantitative estimate of drug-likeness (QED) is 0.563. The number of amides is 1. The zero-order chi connectivity index (χ0) is 18.6. The molecule has 0 saturated carbocycles. The molecule has 1 N–H and O–H groups in total. The van der Waals surface area contributed by atoms with Crippen molar-refractivity contribution < 1.29 is 18.9 Å². The molecule has 5 nitrogen and oxygen atoms in total. The summed E-state index contributed by atoms with van der Waals surface area (Å²) in [5.41, 5.74) is 3.53. The van der Waals surface area contributed by atoms with Gasteiger partial charge in [-0.1, -0.05) is 30.3 Å². The monoisotopic (exact) mass is 359 g/mol. The van der Waals surface area contributed by atoms with E-state index in [-0.39, 0.29) is 24.8 Å². The van der Waals surface area contributed by atoms with Crippen LogP contribution in [0.2, 0.25) is 0 Å². The number of nitrogens with one attached hydrogen (secondary N) is 1. The van der Waals surface area contributed by atoms with Crippen molar-refractivity contribution in [3.8, 4) is 5.75 Å². The Morgan fingerprint density at radius 1 is 1.00 bits per heavy atom. The van der Waals surface area contributed by atoms with Gasteiger partial charge in [-0.25, -0.2) is 0 Å². The lowest BCUT2D eigenvalue weighted by atomic mass is 10.1. The van der Waals surface area contributed by atoms with E-state index in [0.29, 0.717) is 17.0 Å². The second-order valence-electron chi connectivity index (χ2n) is 6.51. The van der Waals surface area contributed by atoms with Gasteiger partial charge in [0.05, 0.1) is 5.69 Å². The van der Waals surface area contributed by atoms with Gasteiger partial charge in [0.15, 0.2) is 19.0 Å². The highest BCUT2D eigenvalue weighted by Crippen LogP contribution is 2.28. The van der Waals surface area contributed by atoms with Crippen LogP contribution in [0.5, 0.6) is 5.75 Å². The molecule has 2 heterocycles. The molecule has 4 rings (SSSR count). The Labute approximate surface area is 157 Å². The van der Waals surface area contributed by atoms with Crippen molar-refractivity contribution in [2.24, 2.45) is 0 Å². The second-order valence-corrected chi connectivity index (χ2v) is 6.51. The first-order valence-electron chi connectivity index (χ1n) is 8.79. The molecule has 0 unspecified atom stereocenters. The molecule has 3 aromatic rings. The first-order chi connectivity index (χ1) is 13.2. The van der Waals surface area contributed by atoms with Crippen LogP contribution in [0, 0.1) is 0 Å². The lowest BCUT2D eigenvalue weighted by Crippen LogP contribution is -2.37. The Hall–Kier alpha value is -3.47. The molecular formula is C22H19N2O3+. The van der Waals surface area contributed by atoms with Gasteiger partial charge < -0.3 is 10.1 Å². The number of ether oxygens (including phenoxy) is 1. The first kappa shape index (κ1) is 17.0. The average molecular weight is 359 g/mol. The summed E-state index contributed by atoms with van der Waals surface area (Å²) in [6.45, 7) is 0.241. The molecule has 134 valence electrons. The van der Waals surface area contributed by atoms with Crippen LogP contribution in [0.1, 0.15) is 21.5 Å². The number of nitrogens with zero attached hydrogens (tertiary/aromatic N) is 1. The van der Waals surface area contributed by atoms with Crippen LogP contribution in [-0.4, -0.2) is 18.3 Å². The molecule has 0 radical (unpaired) electrons. The second kappa shape index (κ2) is 7.41. The predicted octanol–water partition coefficient (Wildman–Crippen LogP) is 2.78. The fourth-order valence-electron chi connectivity index (χ4n) is 3.06. The zero-order valence-corrected chi connectivity index (χ0v) is 14.7. The van der Waals surface area contributed by atoms with Crippen molar-refractivity contribution in [2.75, 3.05) is 11.9 Å². The van der Waals surface area contributed by atoms with Gasteiger partial charge in [-0.15, -0.1) is 0 Å². The molecule has 0 fully saturated rings. The molecular weight excluding hydrogens is 340 g/mol. The normalized spacial score (nSPS) is 12.7. The van der Waals surface area contributed by atoms with E-state index in [1.54, 1.807) is 18.2 Å². The van der Waals surface area contributed by atoms with Crippen molar-refractivity contribution in [3.63, 3.8) is 0 Å². The van der Waals surface area contributed by atoms with Crippen LogP contribution in [0.3, 0.4) is 0 Å². The largest absolute Gasteiger partial charge is 0.482 e. The minimum Gasteiger partial charge on any atom is -0.482 e. The van der Waals surface area contributed by atoms with Crippen molar-refractivity contribution >= 4 is 17.4 Å². The molecule has 0 atom stereocenters. The summed E-state index contributed by atoms with van der Waals surface area (Å²) in [5, 5.41) is 2.73. The number of hydrogen-bond acceptors (Lipinski definition) is 3. The number of aromatic nitrogens is 1. The number of carbonyl (C=O) groups is 2. The Kier molecular flexibility index (Phi) is 4.66. The molecule has 1 aromatic heterocycles. The van der Waals surface area contributed by atoms with Crippen LogP contribution in [0.4, 0.5) is 5.69 Å². The van der Waals surface area contributed by atoms with E-state index in [1.807, 2.05) is 47.3 Å². The predicted molar refractivity (Wildman–Crippen MR) is 101 cm³/mol. The summed E-state index contributed by atoms with van der Waals surface area (Å²) in [7, 11) is 0. The number of ketones is 1. The Balaban J connectivity index is 1.44. The van der Waals surface area contributed by atoms with Crippen LogP contribution in [0.15, 0.2) is 73.1 Å². The lowest BCUT2D eigenvalue weighted by molar-refractivity contribution is -0.683. The number of hydrogen-bond donors (Lipinski definition) is 1. The minimum absolute atomic E-state index is 0.00543. The number of carbonyl (C=O) groups excluding carboxylic acids is 2. The Morgan fingerprint density at radius 2 is 1.74 bits per heavy atom. The highest BCUT2D eigenvalue weighted by atomic mass is 16.5. The number of fused-ring (bicyclic) bond motifs is 1. The van der Waals surface area contributed by atoms with E-state index >= 15 is 0 Å². The van der Waals surface area contributed by atoms with Crippen LogP contribution in [-0.2, 0) is 17.8 Å². The number of benzene rings is 2. The van der Waals surface area contributed by atoms with Crippen molar-refractivity contribution in [1.82, 2.24) is 0 Å². The molecule has 0 saturated heterocycles. The molecule has 2 aromatic carbocycles. The summed E-state index contributed by atoms with van der Waals surface area (Å²) in [6, 6.07) is 19.4. The third-order valence-corrected chi connectivity index (χ3v) is 4.47. The number of anilines is 1. The molecule has 5 heteroatoms. The van der Waals surface area contributed by atoms with E-state index in [9.17, 15) is 9.59 Å². The molecule has 1 aliphatic rings. The summed E-state index contributed by atoms with van der Waals surface area (Å²) < 4.78 is 7.17. The van der Waals surface area contributed by atoms with Crippen molar-refractivity contribution in [2.45, 2.75) is 13.0 Å². The van der Waals surface area contributed by atoms with E-state index in [4.69, 9.17) is 4.74 Å². The standard InChI is InChI=1S/C22H18N2O3/c25-20(18-6-7-21-19(13-18)23-22(26)15-27-21)14-24-10-8-17(9-11-24)12-16-4-2-1-3-5-16/h1-11,13H,12,14-15H2/p+1. The summed E-state index contributed by atoms with van der Waals surface area (Å²) in [5.74, 6) is 0.345. The lowest BCUT2D eigenvalue weighted by Gasteiger charge is -2.18. The smallest absolute Gasteiger partial charge is 0.262 e. The van der Waals surface area contributed by atoms with Gasteiger partial charge in [0.1, 0.15) is 5.75 Å². The number of Topliss-reactive ketones (excluding diaryl/α,β-unsaturated/α-hetero) is 1. The van der Waals surface area contributed by atoms with Crippen molar-refractivity contribution in [3.05, 3.63) is 89.7 Å². The highest BCUT2D eigenvalue weighted by molar-refractivity contribution is 6.00. The third kappa shape index (κ3) is 4.03. The highest BCUT2D eigenvalue weighted by Gasteiger charge is 2.19. The van der Waals surface area contributed by atoms with Gasteiger partial charge in [0.25, 0.3) is 5.91 Å². The first-order valence-corrected chi connectivity index (χ1v) is 8.79. The molecule has 1 aliphatic heterocycles. The van der Waals surface area contributed by atoms with Gasteiger partial charge in [-0.2, -0.15) is 4.57 Å². The molecule has 0 bridgehead atoms. The minimum atomic E-state index is -0.213. The average Bonchev–Trinajstić information content (AvgIpc) is 2.69. The summed E-state index contributed by atoms with van der Waals surface area (Å²) in [4.78, 5) is 24.0. The van der Waals surface area contributed by atoms with E-state index in [1.165, 1.54) is 11.1 Å². The summed E-state index contributed by atoms with van der Waals surface area (Å²) in [6.07, 6.45) is 4.69.